The first-order valence-electron chi connectivity index (χ1n) is 2.20. The van der Waals surface area contributed by atoms with Crippen molar-refractivity contribution in [2.45, 2.75) is 13.8 Å². The van der Waals surface area contributed by atoms with E-state index in [2.05, 4.69) is 5.32 Å². The molecule has 0 rings (SSSR count). The maximum atomic E-state index is 10.4. The zero-order chi connectivity index (χ0) is 5.86. The van der Waals surface area contributed by atoms with Crippen LogP contribution in [-0.2, 0) is 4.79 Å². The smallest absolute Gasteiger partial charge is 0.319 e. The van der Waals surface area contributed by atoms with Gasteiger partial charge in [-0.05, 0) is 0 Å². The Balaban J connectivity index is 3.35. The number of carbonyl (C=O) groups excluding carboxylic acids is 1. The lowest BCUT2D eigenvalue weighted by molar-refractivity contribution is -0.118. The van der Waals surface area contributed by atoms with E-state index in [1.807, 2.05) is 0 Å². The Morgan fingerprint density at radius 2 is 2.00 bits per heavy atom. The first-order valence-corrected chi connectivity index (χ1v) is 2.20. The summed E-state index contributed by atoms with van der Waals surface area (Å²) in [5.74, 6) is 0.808. The molecule has 0 radical (unpaired) electrons. The Morgan fingerprint density at radius 1 is 1.57 bits per heavy atom. The minimum absolute atomic E-state index is 0.0139. The molecule has 0 fully saturated rings. The molecular formula is C5H10NO+. The molecule has 0 atom stereocenters. The van der Waals surface area contributed by atoms with E-state index in [9.17, 15) is 4.79 Å². The number of hydrogen-bond acceptors (Lipinski definition) is 1. The van der Waals surface area contributed by atoms with Crippen molar-refractivity contribution in [1.29, 1.82) is 0 Å². The second-order valence-corrected chi connectivity index (χ2v) is 1.58. The molecule has 0 aliphatic carbocycles. The molecule has 0 saturated carbocycles. The average Bonchev–Trinajstić information content (AvgIpc) is 1.65. The van der Waals surface area contributed by atoms with Crippen LogP contribution in [0.2, 0.25) is 0 Å². The van der Waals surface area contributed by atoms with Crippen LogP contribution in [0.4, 0.5) is 0 Å². The maximum absolute atomic E-state index is 10.4. The zero-order valence-corrected chi connectivity index (χ0v) is 4.91. The SMILES string of the molecule is CNC(=O)[C+](C)C. The second-order valence-electron chi connectivity index (χ2n) is 1.58. The van der Waals surface area contributed by atoms with E-state index in [1.54, 1.807) is 20.9 Å². The summed E-state index contributed by atoms with van der Waals surface area (Å²) in [5, 5.41) is 2.49. The van der Waals surface area contributed by atoms with Crippen molar-refractivity contribution in [3.05, 3.63) is 5.92 Å². The molecule has 0 saturated heterocycles. The van der Waals surface area contributed by atoms with E-state index in [0.717, 1.165) is 5.92 Å². The lowest BCUT2D eigenvalue weighted by atomic mass is 10.2. The van der Waals surface area contributed by atoms with Gasteiger partial charge in [0.1, 0.15) is 0 Å². The van der Waals surface area contributed by atoms with Gasteiger partial charge < -0.3 is 5.32 Å². The molecule has 40 valence electrons. The minimum Gasteiger partial charge on any atom is -0.319 e. The molecule has 0 heterocycles. The van der Waals surface area contributed by atoms with Crippen LogP contribution in [0.1, 0.15) is 13.8 Å². The van der Waals surface area contributed by atoms with Gasteiger partial charge in [-0.3, -0.25) is 0 Å². The molecule has 0 bridgehead atoms. The van der Waals surface area contributed by atoms with Crippen LogP contribution in [0.3, 0.4) is 0 Å². The third-order valence-electron chi connectivity index (χ3n) is 0.681. The first-order chi connectivity index (χ1) is 3.18. The second kappa shape index (κ2) is 2.50. The lowest BCUT2D eigenvalue weighted by Gasteiger charge is -1.86. The zero-order valence-electron chi connectivity index (χ0n) is 4.91. The van der Waals surface area contributed by atoms with Crippen molar-refractivity contribution < 1.29 is 4.79 Å². The monoisotopic (exact) mass is 100 g/mol. The topological polar surface area (TPSA) is 29.1 Å². The standard InChI is InChI=1S/C5H9NO/c1-4(2)5(7)6-3/h1-3H3/p+1. The number of nitrogens with one attached hydrogen (secondary N) is 1. The molecule has 0 aliphatic heterocycles. The van der Waals surface area contributed by atoms with Gasteiger partial charge in [0.25, 0.3) is 0 Å². The molecule has 1 amide bonds. The van der Waals surface area contributed by atoms with Crippen LogP contribution in [0.5, 0.6) is 0 Å². The molecule has 7 heavy (non-hydrogen) atoms. The van der Waals surface area contributed by atoms with Gasteiger partial charge in [0.15, 0.2) is 5.92 Å². The Morgan fingerprint density at radius 3 is 2.00 bits per heavy atom. The highest BCUT2D eigenvalue weighted by Crippen LogP contribution is 1.90. The van der Waals surface area contributed by atoms with Crippen LogP contribution in [0.25, 0.3) is 0 Å². The van der Waals surface area contributed by atoms with E-state index in [4.69, 9.17) is 0 Å². The highest BCUT2D eigenvalue weighted by Gasteiger charge is 2.14. The number of hydrogen-bond donors (Lipinski definition) is 1. The summed E-state index contributed by atoms with van der Waals surface area (Å²) in [6.07, 6.45) is 0. The van der Waals surface area contributed by atoms with Crippen molar-refractivity contribution in [3.63, 3.8) is 0 Å². The summed E-state index contributed by atoms with van der Waals surface area (Å²) < 4.78 is 0. The van der Waals surface area contributed by atoms with Gasteiger partial charge in [0.2, 0.25) is 0 Å². The number of carbonyl (C=O) groups is 1. The Bertz CT molecular complexity index is 68.5. The van der Waals surface area contributed by atoms with Crippen molar-refractivity contribution >= 4 is 5.91 Å². The number of amides is 1. The minimum atomic E-state index is 0.0139. The first kappa shape index (κ1) is 6.34. The van der Waals surface area contributed by atoms with Crippen molar-refractivity contribution in [2.24, 2.45) is 0 Å². The summed E-state index contributed by atoms with van der Waals surface area (Å²) in [6, 6.07) is 0. The van der Waals surface area contributed by atoms with Crippen LogP contribution in [0.15, 0.2) is 0 Å². The largest absolute Gasteiger partial charge is 0.403 e. The van der Waals surface area contributed by atoms with E-state index in [0.29, 0.717) is 0 Å². The molecule has 0 spiro atoms. The van der Waals surface area contributed by atoms with Gasteiger partial charge >= 0.3 is 5.91 Å². The van der Waals surface area contributed by atoms with Crippen LogP contribution in [0, 0.1) is 5.92 Å². The lowest BCUT2D eigenvalue weighted by Crippen LogP contribution is -2.21. The molecular weight excluding hydrogens is 90.1 g/mol. The summed E-state index contributed by atoms with van der Waals surface area (Å²) in [6.45, 7) is 3.55. The Labute approximate surface area is 43.9 Å². The highest BCUT2D eigenvalue weighted by atomic mass is 16.1. The van der Waals surface area contributed by atoms with Gasteiger partial charge in [-0.25, -0.2) is 4.79 Å². The molecule has 0 aromatic carbocycles. The maximum Gasteiger partial charge on any atom is 0.403 e. The highest BCUT2D eigenvalue weighted by molar-refractivity contribution is 5.88. The van der Waals surface area contributed by atoms with Gasteiger partial charge in [-0.15, -0.1) is 0 Å². The average molecular weight is 100 g/mol. The quantitative estimate of drug-likeness (QED) is 0.473. The Kier molecular flexibility index (Phi) is 2.27. The van der Waals surface area contributed by atoms with Gasteiger partial charge in [0.05, 0.1) is 13.8 Å². The molecule has 0 aromatic rings. The van der Waals surface area contributed by atoms with Crippen molar-refractivity contribution in [1.82, 2.24) is 5.32 Å². The summed E-state index contributed by atoms with van der Waals surface area (Å²) in [5.41, 5.74) is 0. The summed E-state index contributed by atoms with van der Waals surface area (Å²) in [4.78, 5) is 10.4. The van der Waals surface area contributed by atoms with Crippen LogP contribution >= 0.6 is 0 Å². The van der Waals surface area contributed by atoms with E-state index < -0.39 is 0 Å². The normalized spacial score (nSPS) is 7.86. The number of rotatable bonds is 1. The molecule has 2 nitrogen and oxygen atoms in total. The van der Waals surface area contributed by atoms with Gasteiger partial charge in [-0.2, -0.15) is 0 Å². The molecule has 0 unspecified atom stereocenters. The predicted octanol–water partition coefficient (Wildman–Crippen LogP) is 0.347. The summed E-state index contributed by atoms with van der Waals surface area (Å²) in [7, 11) is 1.62. The third kappa shape index (κ3) is 2.09. The van der Waals surface area contributed by atoms with Gasteiger partial charge in [-0.1, -0.05) is 0 Å². The van der Waals surface area contributed by atoms with Crippen LogP contribution in [-0.4, -0.2) is 13.0 Å². The van der Waals surface area contributed by atoms with Gasteiger partial charge in [0, 0.05) is 7.05 Å². The van der Waals surface area contributed by atoms with E-state index in [-0.39, 0.29) is 5.91 Å². The van der Waals surface area contributed by atoms with E-state index >= 15 is 0 Å². The fourth-order valence-electron chi connectivity index (χ4n) is 0.250. The van der Waals surface area contributed by atoms with Crippen molar-refractivity contribution in [2.75, 3.05) is 7.05 Å². The van der Waals surface area contributed by atoms with E-state index in [1.165, 1.54) is 0 Å². The van der Waals surface area contributed by atoms with Crippen molar-refractivity contribution in [3.8, 4) is 0 Å². The van der Waals surface area contributed by atoms with Crippen LogP contribution < -0.4 is 5.32 Å². The fourth-order valence-corrected chi connectivity index (χ4v) is 0.250. The molecule has 1 N–H and O–H groups in total. The molecule has 0 aliphatic rings. The summed E-state index contributed by atoms with van der Waals surface area (Å²) >= 11 is 0. The fraction of sp³-hybridized carbons (Fsp3) is 0.600. The predicted molar refractivity (Wildman–Crippen MR) is 28.7 cm³/mol. The third-order valence-corrected chi connectivity index (χ3v) is 0.681. The molecule has 0 aromatic heterocycles. The Hall–Kier alpha value is -0.660. The molecule has 2 heteroatoms.